The molecule has 2 rings (SSSR count). The van der Waals surface area contributed by atoms with Crippen LogP contribution in [0.15, 0.2) is 34.6 Å². The van der Waals surface area contributed by atoms with E-state index in [9.17, 15) is 0 Å². The van der Waals surface area contributed by atoms with Gasteiger partial charge in [-0.1, -0.05) is 81.6 Å². The number of unbranched alkanes of at least 4 members (excludes halogenated alkanes) is 9. The molecule has 0 atom stereocenters. The van der Waals surface area contributed by atoms with Crippen LogP contribution in [-0.4, -0.2) is 43.5 Å². The van der Waals surface area contributed by atoms with E-state index in [0.717, 1.165) is 24.5 Å². The summed E-state index contributed by atoms with van der Waals surface area (Å²) in [4.78, 5) is 0. The van der Waals surface area contributed by atoms with Crippen molar-refractivity contribution in [1.82, 2.24) is 20.2 Å². The summed E-state index contributed by atoms with van der Waals surface area (Å²) in [6.07, 6.45) is 13.2. The van der Waals surface area contributed by atoms with Crippen molar-refractivity contribution in [2.24, 2.45) is 5.16 Å². The molecule has 1 aromatic heterocycles. The Morgan fingerprint density at radius 2 is 1.63 bits per heavy atom. The molecule has 1 heterocycles. The summed E-state index contributed by atoms with van der Waals surface area (Å²) in [6.45, 7) is 4.77. The fourth-order valence-electron chi connectivity index (χ4n) is 3.09. The highest BCUT2D eigenvalue weighted by Gasteiger charge is 2.10. The molecule has 30 heavy (non-hydrogen) atoms. The van der Waals surface area contributed by atoms with E-state index in [1.807, 2.05) is 24.3 Å². The number of rotatable bonds is 16. The first-order chi connectivity index (χ1) is 14.7. The number of hydrogen-bond donors (Lipinski definition) is 1. The van der Waals surface area contributed by atoms with E-state index in [2.05, 4.69) is 27.6 Å². The van der Waals surface area contributed by atoms with Crippen LogP contribution in [0.5, 0.6) is 5.75 Å². The number of oxime groups is 1. The van der Waals surface area contributed by atoms with Crippen LogP contribution in [-0.2, 0) is 0 Å². The molecule has 0 aliphatic rings. The second kappa shape index (κ2) is 14.8. The van der Waals surface area contributed by atoms with E-state index < -0.39 is 0 Å². The molecular formula is C22H35N5O2S. The molecule has 0 saturated heterocycles. The summed E-state index contributed by atoms with van der Waals surface area (Å²) in [5.74, 6) is 1.39. The van der Waals surface area contributed by atoms with Gasteiger partial charge in [0.25, 0.3) is 0 Å². The zero-order valence-electron chi connectivity index (χ0n) is 18.3. The first kappa shape index (κ1) is 24.2. The molecule has 0 aliphatic carbocycles. The van der Waals surface area contributed by atoms with Crippen LogP contribution in [0.25, 0.3) is 5.69 Å². The minimum Gasteiger partial charge on any atom is -0.494 e. The fraction of sp³-hybridized carbons (Fsp3) is 0.636. The third-order valence-electron chi connectivity index (χ3n) is 4.87. The molecule has 0 unspecified atom stereocenters. The van der Waals surface area contributed by atoms with E-state index in [1.54, 1.807) is 11.6 Å². The number of tetrazole rings is 1. The number of hydrogen-bond acceptors (Lipinski definition) is 7. The molecule has 1 aromatic carbocycles. The van der Waals surface area contributed by atoms with Crippen LogP contribution in [0.1, 0.15) is 78.1 Å². The molecule has 7 nitrogen and oxygen atoms in total. The largest absolute Gasteiger partial charge is 0.494 e. The van der Waals surface area contributed by atoms with Gasteiger partial charge in [-0.2, -0.15) is 4.68 Å². The molecule has 166 valence electrons. The highest BCUT2D eigenvalue weighted by atomic mass is 32.2. The maximum absolute atomic E-state index is 8.76. The van der Waals surface area contributed by atoms with Gasteiger partial charge < -0.3 is 9.94 Å². The van der Waals surface area contributed by atoms with Crippen molar-refractivity contribution in [3.8, 4) is 11.4 Å². The Morgan fingerprint density at radius 1 is 1.00 bits per heavy atom. The smallest absolute Gasteiger partial charge is 0.214 e. The van der Waals surface area contributed by atoms with Gasteiger partial charge in [0.1, 0.15) is 5.75 Å². The fourth-order valence-corrected chi connectivity index (χ4v) is 3.85. The Balaban J connectivity index is 1.63. The molecule has 0 radical (unpaired) electrons. The molecule has 0 spiro atoms. The number of benzene rings is 1. The predicted molar refractivity (Wildman–Crippen MR) is 122 cm³/mol. The van der Waals surface area contributed by atoms with Crippen molar-refractivity contribution in [1.29, 1.82) is 0 Å². The highest BCUT2D eigenvalue weighted by Crippen LogP contribution is 2.21. The Hall–Kier alpha value is -2.09. The summed E-state index contributed by atoms with van der Waals surface area (Å²) < 4.78 is 7.53. The Kier molecular flexibility index (Phi) is 11.9. The van der Waals surface area contributed by atoms with Gasteiger partial charge in [0.2, 0.25) is 5.16 Å². The minimum absolute atomic E-state index is 0.525. The van der Waals surface area contributed by atoms with Crippen LogP contribution >= 0.6 is 11.8 Å². The van der Waals surface area contributed by atoms with Crippen LogP contribution < -0.4 is 4.74 Å². The summed E-state index contributed by atoms with van der Waals surface area (Å²) in [7, 11) is 0. The molecule has 0 saturated carbocycles. The summed E-state index contributed by atoms with van der Waals surface area (Å²) >= 11 is 1.42. The number of nitrogens with zero attached hydrogens (tertiary/aromatic N) is 5. The van der Waals surface area contributed by atoms with Crippen molar-refractivity contribution < 1.29 is 9.94 Å². The lowest BCUT2D eigenvalue weighted by Gasteiger charge is -2.08. The van der Waals surface area contributed by atoms with E-state index >= 15 is 0 Å². The van der Waals surface area contributed by atoms with Gasteiger partial charge in [0.15, 0.2) is 0 Å². The number of thioether (sulfide) groups is 1. The van der Waals surface area contributed by atoms with Crippen LogP contribution in [0.4, 0.5) is 0 Å². The van der Waals surface area contributed by atoms with Crippen LogP contribution in [0.3, 0.4) is 0 Å². The maximum atomic E-state index is 8.76. The minimum atomic E-state index is 0.525. The average molecular weight is 434 g/mol. The Morgan fingerprint density at radius 3 is 2.27 bits per heavy atom. The van der Waals surface area contributed by atoms with Crippen LogP contribution in [0, 0.1) is 0 Å². The van der Waals surface area contributed by atoms with Gasteiger partial charge >= 0.3 is 0 Å². The third-order valence-corrected chi connectivity index (χ3v) is 5.94. The lowest BCUT2D eigenvalue weighted by atomic mass is 10.1. The Labute approximate surface area is 184 Å². The van der Waals surface area contributed by atoms with Gasteiger partial charge in [-0.05, 0) is 48.0 Å². The molecular weight excluding hydrogens is 398 g/mol. The van der Waals surface area contributed by atoms with Crippen molar-refractivity contribution in [2.75, 3.05) is 12.4 Å². The van der Waals surface area contributed by atoms with E-state index in [4.69, 9.17) is 9.94 Å². The molecule has 8 heteroatoms. The normalized spacial score (nSPS) is 11.7. The first-order valence-corrected chi connectivity index (χ1v) is 12.0. The zero-order valence-corrected chi connectivity index (χ0v) is 19.1. The van der Waals surface area contributed by atoms with E-state index in [1.165, 1.54) is 69.5 Å². The van der Waals surface area contributed by atoms with Crippen molar-refractivity contribution in [3.63, 3.8) is 0 Å². The van der Waals surface area contributed by atoms with Crippen molar-refractivity contribution in [2.45, 2.75) is 83.2 Å². The van der Waals surface area contributed by atoms with Gasteiger partial charge in [-0.15, -0.1) is 5.10 Å². The molecule has 0 amide bonds. The summed E-state index contributed by atoms with van der Waals surface area (Å²) in [5, 5.41) is 24.4. The van der Waals surface area contributed by atoms with Gasteiger partial charge in [0, 0.05) is 5.75 Å². The SMILES string of the molecule is CCCCCCCCCCCCOc1ccc(-n2nnnc2SC/C(C)=N/O)cc1. The number of aromatic nitrogens is 4. The third kappa shape index (κ3) is 9.15. The van der Waals surface area contributed by atoms with Crippen LogP contribution in [0.2, 0.25) is 0 Å². The van der Waals surface area contributed by atoms with Gasteiger partial charge in [-0.3, -0.25) is 0 Å². The second-order valence-corrected chi connectivity index (χ2v) is 8.46. The second-order valence-electron chi connectivity index (χ2n) is 7.52. The Bertz CT molecular complexity index is 733. The molecule has 0 fully saturated rings. The van der Waals surface area contributed by atoms with Crippen molar-refractivity contribution in [3.05, 3.63) is 24.3 Å². The molecule has 0 aliphatic heterocycles. The average Bonchev–Trinajstić information content (AvgIpc) is 3.25. The van der Waals surface area contributed by atoms with Gasteiger partial charge in [-0.25, -0.2) is 0 Å². The highest BCUT2D eigenvalue weighted by molar-refractivity contribution is 7.99. The molecule has 1 N–H and O–H groups in total. The van der Waals surface area contributed by atoms with E-state index in [-0.39, 0.29) is 0 Å². The first-order valence-electron chi connectivity index (χ1n) is 11.1. The molecule has 2 aromatic rings. The van der Waals surface area contributed by atoms with Crippen molar-refractivity contribution >= 4 is 17.5 Å². The topological polar surface area (TPSA) is 85.4 Å². The lowest BCUT2D eigenvalue weighted by molar-refractivity contribution is 0.304. The summed E-state index contributed by atoms with van der Waals surface area (Å²) in [6, 6.07) is 7.78. The lowest BCUT2D eigenvalue weighted by Crippen LogP contribution is -2.02. The summed E-state index contributed by atoms with van der Waals surface area (Å²) in [5.41, 5.74) is 1.48. The standard InChI is InChI=1S/C22H35N5O2S/c1-3-4-5-6-7-8-9-10-11-12-17-29-21-15-13-20(14-16-21)27-22(23-25-26-27)30-18-19(2)24-28/h13-16,28H,3-12,17-18H2,1-2H3/b24-19+. The number of ether oxygens (including phenoxy) is 1. The maximum Gasteiger partial charge on any atom is 0.214 e. The molecule has 0 bridgehead atoms. The quantitative estimate of drug-likeness (QED) is 0.117. The van der Waals surface area contributed by atoms with E-state index in [0.29, 0.717) is 16.6 Å². The monoisotopic (exact) mass is 433 g/mol. The van der Waals surface area contributed by atoms with Gasteiger partial charge in [0.05, 0.1) is 18.0 Å². The predicted octanol–water partition coefficient (Wildman–Crippen LogP) is 5.90. The zero-order chi connectivity index (χ0) is 21.4.